The van der Waals surface area contributed by atoms with E-state index in [1.807, 2.05) is 62.4 Å². The molecule has 0 aliphatic heterocycles. The van der Waals surface area contributed by atoms with Crippen molar-refractivity contribution in [2.45, 2.75) is 13.8 Å². The molecule has 9 nitrogen and oxygen atoms in total. The van der Waals surface area contributed by atoms with Crippen LogP contribution in [0.5, 0.6) is 11.5 Å². The Kier molecular flexibility index (Phi) is 6.19. The van der Waals surface area contributed by atoms with Crippen LogP contribution in [-0.2, 0) is 0 Å². The first kappa shape index (κ1) is 23.8. The lowest BCUT2D eigenvalue weighted by atomic mass is 10.1. The molecular weight excluding hydrogens is 468 g/mol. The highest BCUT2D eigenvalue weighted by atomic mass is 16.5. The molecule has 0 atom stereocenters. The molecule has 3 aromatic carbocycles. The first-order valence-corrected chi connectivity index (χ1v) is 11.6. The predicted octanol–water partition coefficient (Wildman–Crippen LogP) is 4.94. The van der Waals surface area contributed by atoms with Gasteiger partial charge in [-0.2, -0.15) is 9.78 Å². The number of methoxy groups -OCH3 is 2. The van der Waals surface area contributed by atoms with E-state index in [9.17, 15) is 4.79 Å². The van der Waals surface area contributed by atoms with E-state index in [4.69, 9.17) is 25.2 Å². The van der Waals surface area contributed by atoms with Crippen LogP contribution in [0.4, 0.5) is 11.5 Å². The molecule has 0 saturated carbocycles. The quantitative estimate of drug-likeness (QED) is 0.323. The summed E-state index contributed by atoms with van der Waals surface area (Å²) in [6.07, 6.45) is 1.61. The number of anilines is 2. The standard InChI is InChI=1S/C28H26N6O3/c1-16-9-11-19(13-17(16)2)31-28(35)24-25-27(33-21-8-6-5-7-20(21)32-25)34(26(24)29)30-15-18-10-12-22(36-3)23(14-18)37-4/h5-15H,29H2,1-4H3,(H,31,35)/b30-15+. The number of carbonyl (C=O) groups is 1. The van der Waals surface area contributed by atoms with E-state index < -0.39 is 5.91 Å². The van der Waals surface area contributed by atoms with Gasteiger partial charge in [0.15, 0.2) is 17.1 Å². The molecule has 5 rings (SSSR count). The largest absolute Gasteiger partial charge is 0.493 e. The fourth-order valence-electron chi connectivity index (χ4n) is 4.06. The number of hydrogen-bond acceptors (Lipinski definition) is 7. The van der Waals surface area contributed by atoms with Crippen molar-refractivity contribution in [1.82, 2.24) is 14.6 Å². The van der Waals surface area contributed by atoms with Crippen molar-refractivity contribution in [3.8, 4) is 11.5 Å². The van der Waals surface area contributed by atoms with Crippen molar-refractivity contribution < 1.29 is 14.3 Å². The second-order valence-corrected chi connectivity index (χ2v) is 8.57. The Morgan fingerprint density at radius 3 is 2.38 bits per heavy atom. The number of aryl methyl sites for hydroxylation is 2. The molecule has 0 radical (unpaired) electrons. The molecule has 1 amide bonds. The average molecular weight is 495 g/mol. The van der Waals surface area contributed by atoms with Gasteiger partial charge in [0.2, 0.25) is 0 Å². The number of benzene rings is 3. The zero-order chi connectivity index (χ0) is 26.1. The zero-order valence-electron chi connectivity index (χ0n) is 20.9. The van der Waals surface area contributed by atoms with Gasteiger partial charge in [-0.15, -0.1) is 0 Å². The number of nitrogens with zero attached hydrogens (tertiary/aromatic N) is 4. The van der Waals surface area contributed by atoms with Gasteiger partial charge >= 0.3 is 0 Å². The van der Waals surface area contributed by atoms with Gasteiger partial charge in [-0.3, -0.25) is 4.79 Å². The minimum absolute atomic E-state index is 0.128. The second-order valence-electron chi connectivity index (χ2n) is 8.57. The second kappa shape index (κ2) is 9.62. The minimum Gasteiger partial charge on any atom is -0.493 e. The molecule has 3 N–H and O–H groups in total. The van der Waals surface area contributed by atoms with Gasteiger partial charge in [-0.1, -0.05) is 18.2 Å². The predicted molar refractivity (Wildman–Crippen MR) is 146 cm³/mol. The fourth-order valence-corrected chi connectivity index (χ4v) is 4.06. The third-order valence-corrected chi connectivity index (χ3v) is 6.20. The molecule has 0 fully saturated rings. The van der Waals surface area contributed by atoms with Gasteiger partial charge in [0.1, 0.15) is 16.9 Å². The van der Waals surface area contributed by atoms with Gasteiger partial charge in [-0.25, -0.2) is 9.97 Å². The highest BCUT2D eigenvalue weighted by Gasteiger charge is 2.24. The number of nitrogens with one attached hydrogen (secondary N) is 1. The van der Waals surface area contributed by atoms with Gasteiger partial charge < -0.3 is 20.5 Å². The molecule has 0 unspecified atom stereocenters. The summed E-state index contributed by atoms with van der Waals surface area (Å²) in [6, 6.07) is 18.6. The van der Waals surface area contributed by atoms with E-state index in [2.05, 4.69) is 10.4 Å². The Morgan fingerprint density at radius 2 is 1.68 bits per heavy atom. The zero-order valence-corrected chi connectivity index (χ0v) is 20.9. The van der Waals surface area contributed by atoms with E-state index in [0.29, 0.717) is 39.4 Å². The smallest absolute Gasteiger partial charge is 0.261 e. The van der Waals surface area contributed by atoms with Gasteiger partial charge in [0.05, 0.1) is 31.5 Å². The molecule has 9 heteroatoms. The summed E-state index contributed by atoms with van der Waals surface area (Å²) in [5.41, 5.74) is 12.4. The first-order chi connectivity index (χ1) is 17.9. The monoisotopic (exact) mass is 494 g/mol. The summed E-state index contributed by atoms with van der Waals surface area (Å²) >= 11 is 0. The molecule has 0 bridgehead atoms. The maximum atomic E-state index is 13.5. The fraction of sp³-hybridized carbons (Fsp3) is 0.143. The van der Waals surface area contributed by atoms with Crippen LogP contribution in [0.2, 0.25) is 0 Å². The highest BCUT2D eigenvalue weighted by molar-refractivity contribution is 6.16. The molecule has 0 spiro atoms. The molecular formula is C28H26N6O3. The first-order valence-electron chi connectivity index (χ1n) is 11.6. The van der Waals surface area contributed by atoms with E-state index in [1.54, 1.807) is 32.6 Å². The summed E-state index contributed by atoms with van der Waals surface area (Å²) in [4.78, 5) is 22.9. The van der Waals surface area contributed by atoms with Crippen LogP contribution < -0.4 is 20.5 Å². The third-order valence-electron chi connectivity index (χ3n) is 6.20. The van der Waals surface area contributed by atoms with E-state index in [-0.39, 0.29) is 11.4 Å². The molecule has 0 saturated heterocycles. The normalized spacial score (nSPS) is 11.4. The molecule has 0 aliphatic rings. The lowest BCUT2D eigenvalue weighted by Crippen LogP contribution is -2.14. The van der Waals surface area contributed by atoms with E-state index in [1.165, 1.54) is 4.68 Å². The van der Waals surface area contributed by atoms with Crippen LogP contribution in [0.3, 0.4) is 0 Å². The molecule has 2 heterocycles. The Morgan fingerprint density at radius 1 is 0.946 bits per heavy atom. The van der Waals surface area contributed by atoms with Crippen molar-refractivity contribution >= 4 is 45.8 Å². The summed E-state index contributed by atoms with van der Waals surface area (Å²) in [5, 5.41) is 7.51. The molecule has 0 aliphatic carbocycles. The summed E-state index contributed by atoms with van der Waals surface area (Å²) in [5.74, 6) is 0.906. The molecule has 2 aromatic heterocycles. The molecule has 37 heavy (non-hydrogen) atoms. The third kappa shape index (κ3) is 4.42. The van der Waals surface area contributed by atoms with Crippen molar-refractivity contribution in [2.24, 2.45) is 5.10 Å². The lowest BCUT2D eigenvalue weighted by Gasteiger charge is -2.08. The van der Waals surface area contributed by atoms with Crippen molar-refractivity contribution in [2.75, 3.05) is 25.3 Å². The van der Waals surface area contributed by atoms with Gasteiger partial charge in [0.25, 0.3) is 5.91 Å². The topological polar surface area (TPSA) is 117 Å². The Labute approximate surface area is 213 Å². The van der Waals surface area contributed by atoms with Crippen LogP contribution in [-0.4, -0.2) is 41.0 Å². The van der Waals surface area contributed by atoms with Gasteiger partial charge in [-0.05, 0) is 73.0 Å². The number of amides is 1. The summed E-state index contributed by atoms with van der Waals surface area (Å²) in [7, 11) is 3.14. The number of carbonyl (C=O) groups excluding carboxylic acids is 1. The van der Waals surface area contributed by atoms with Crippen LogP contribution in [0, 0.1) is 13.8 Å². The Hall–Kier alpha value is -4.92. The highest BCUT2D eigenvalue weighted by Crippen LogP contribution is 2.30. The van der Waals surface area contributed by atoms with Crippen molar-refractivity contribution in [3.05, 3.63) is 82.9 Å². The minimum atomic E-state index is -0.393. The summed E-state index contributed by atoms with van der Waals surface area (Å²) < 4.78 is 12.1. The van der Waals surface area contributed by atoms with E-state index in [0.717, 1.165) is 16.7 Å². The number of nitrogens with two attached hydrogens (primary N) is 1. The van der Waals surface area contributed by atoms with Crippen LogP contribution >= 0.6 is 0 Å². The number of fused-ring (bicyclic) bond motifs is 2. The summed E-state index contributed by atoms with van der Waals surface area (Å²) in [6.45, 7) is 4.01. The number of ether oxygens (including phenoxy) is 2. The number of rotatable bonds is 6. The number of aromatic nitrogens is 3. The van der Waals surface area contributed by atoms with Gasteiger partial charge in [0, 0.05) is 5.69 Å². The molecule has 5 aromatic rings. The number of nitrogen functional groups attached to an aromatic ring is 1. The average Bonchev–Trinajstić information content (AvgIpc) is 3.17. The Balaban J connectivity index is 1.63. The lowest BCUT2D eigenvalue weighted by molar-refractivity contribution is 0.102. The van der Waals surface area contributed by atoms with E-state index >= 15 is 0 Å². The number of para-hydroxylation sites is 2. The maximum Gasteiger partial charge on any atom is 0.261 e. The van der Waals surface area contributed by atoms with Crippen LogP contribution in [0.15, 0.2) is 65.8 Å². The molecule has 186 valence electrons. The maximum absolute atomic E-state index is 13.5. The SMILES string of the molecule is COc1ccc(/C=N/n2c(N)c(C(=O)Nc3ccc(C)c(C)c3)c3nc4ccccc4nc32)cc1OC. The van der Waals surface area contributed by atoms with Crippen LogP contribution in [0.25, 0.3) is 22.2 Å². The van der Waals surface area contributed by atoms with Crippen molar-refractivity contribution in [3.63, 3.8) is 0 Å². The number of hydrogen-bond donors (Lipinski definition) is 2. The van der Waals surface area contributed by atoms with Crippen molar-refractivity contribution in [1.29, 1.82) is 0 Å². The van der Waals surface area contributed by atoms with Crippen LogP contribution in [0.1, 0.15) is 27.0 Å². The Bertz CT molecular complexity index is 1690.